The number of thiophene rings is 1. The van der Waals surface area contributed by atoms with Crippen molar-refractivity contribution in [2.45, 2.75) is 11.8 Å². The lowest BCUT2D eigenvalue weighted by Gasteiger charge is -1.97. The molecule has 2 aromatic rings. The minimum atomic E-state index is 1.07. The molecule has 0 bridgehead atoms. The van der Waals surface area contributed by atoms with Crippen LogP contribution in [0.2, 0.25) is 0 Å². The van der Waals surface area contributed by atoms with E-state index in [9.17, 15) is 0 Å². The molecule has 0 saturated heterocycles. The van der Waals surface area contributed by atoms with Crippen molar-refractivity contribution in [2.24, 2.45) is 0 Å². The van der Waals surface area contributed by atoms with Gasteiger partial charge >= 0.3 is 0 Å². The van der Waals surface area contributed by atoms with Crippen molar-refractivity contribution in [3.63, 3.8) is 0 Å². The lowest BCUT2D eigenvalue weighted by molar-refractivity contribution is 1.46. The van der Waals surface area contributed by atoms with Gasteiger partial charge in [0.2, 0.25) is 0 Å². The van der Waals surface area contributed by atoms with Gasteiger partial charge in [-0.25, -0.2) is 0 Å². The monoisotopic (exact) mass is 258 g/mol. The Balaban J connectivity index is 2.87. The summed E-state index contributed by atoms with van der Waals surface area (Å²) in [6, 6.07) is 4.31. The summed E-state index contributed by atoms with van der Waals surface area (Å²) in [6.45, 7) is 2.10. The fourth-order valence-electron chi connectivity index (χ4n) is 1.14. The highest BCUT2D eigenvalue weighted by Crippen LogP contribution is 2.32. The molecule has 0 aliphatic rings. The summed E-state index contributed by atoms with van der Waals surface area (Å²) in [7, 11) is 0. The van der Waals surface area contributed by atoms with Crippen LogP contribution in [0.1, 0.15) is 5.56 Å². The number of halogens is 1. The maximum Gasteiger partial charge on any atom is 0.0357 e. The first-order valence-electron chi connectivity index (χ1n) is 3.55. The van der Waals surface area contributed by atoms with Crippen molar-refractivity contribution in [3.8, 4) is 0 Å². The second kappa shape index (κ2) is 3.05. The van der Waals surface area contributed by atoms with Crippen LogP contribution in [-0.4, -0.2) is 0 Å². The standard InChI is InChI=1S/C9H7BrS2/c1-5-2-9-6(3-7(5)10)8(11)4-12-9/h2-4,11H,1H3. The second-order valence-corrected chi connectivity index (χ2v) is 4.97. The topological polar surface area (TPSA) is 0 Å². The van der Waals surface area contributed by atoms with Crippen molar-refractivity contribution < 1.29 is 0 Å². The maximum atomic E-state index is 4.37. The number of hydrogen-bond donors (Lipinski definition) is 1. The molecule has 0 aliphatic heterocycles. The quantitative estimate of drug-likeness (QED) is 0.671. The molecule has 62 valence electrons. The van der Waals surface area contributed by atoms with Crippen molar-refractivity contribution in [1.82, 2.24) is 0 Å². The van der Waals surface area contributed by atoms with Gasteiger partial charge in [0.25, 0.3) is 0 Å². The van der Waals surface area contributed by atoms with E-state index in [0.29, 0.717) is 0 Å². The third-order valence-electron chi connectivity index (χ3n) is 1.83. The van der Waals surface area contributed by atoms with Gasteiger partial charge in [0, 0.05) is 24.8 Å². The van der Waals surface area contributed by atoms with Crippen LogP contribution >= 0.6 is 39.9 Å². The van der Waals surface area contributed by atoms with Crippen LogP contribution < -0.4 is 0 Å². The van der Waals surface area contributed by atoms with Gasteiger partial charge in [-0.1, -0.05) is 15.9 Å². The molecule has 0 saturated carbocycles. The predicted octanol–water partition coefficient (Wildman–Crippen LogP) is 4.26. The number of rotatable bonds is 0. The molecule has 0 unspecified atom stereocenters. The molecule has 0 atom stereocenters. The highest BCUT2D eigenvalue weighted by Gasteiger charge is 2.03. The molecule has 0 fully saturated rings. The van der Waals surface area contributed by atoms with Crippen LogP contribution in [0.5, 0.6) is 0 Å². The molecule has 12 heavy (non-hydrogen) atoms. The molecule has 0 N–H and O–H groups in total. The summed E-state index contributed by atoms with van der Waals surface area (Å²) < 4.78 is 2.46. The van der Waals surface area contributed by atoms with Crippen molar-refractivity contribution in [1.29, 1.82) is 0 Å². The SMILES string of the molecule is Cc1cc2scc(S)c2cc1Br. The Morgan fingerprint density at radius 1 is 1.42 bits per heavy atom. The smallest absolute Gasteiger partial charge is 0.0357 e. The number of aryl methyl sites for hydroxylation is 1. The Morgan fingerprint density at radius 3 is 2.92 bits per heavy atom. The molecule has 1 aromatic carbocycles. The third kappa shape index (κ3) is 1.30. The first-order chi connectivity index (χ1) is 5.68. The van der Waals surface area contributed by atoms with Crippen LogP contribution in [-0.2, 0) is 0 Å². The van der Waals surface area contributed by atoms with Gasteiger partial charge in [0.15, 0.2) is 0 Å². The Hall–Kier alpha value is 0.01000. The molecule has 0 radical (unpaired) electrons. The molecular weight excluding hydrogens is 252 g/mol. The van der Waals surface area contributed by atoms with Gasteiger partial charge in [-0.3, -0.25) is 0 Å². The molecule has 0 amide bonds. The molecule has 3 heteroatoms. The fourth-order valence-corrected chi connectivity index (χ4v) is 2.80. The highest BCUT2D eigenvalue weighted by molar-refractivity contribution is 9.10. The van der Waals surface area contributed by atoms with Crippen molar-refractivity contribution >= 4 is 50.0 Å². The van der Waals surface area contributed by atoms with Crippen LogP contribution in [0.4, 0.5) is 0 Å². The van der Waals surface area contributed by atoms with Gasteiger partial charge in [-0.15, -0.1) is 24.0 Å². The van der Waals surface area contributed by atoms with Gasteiger partial charge in [-0.05, 0) is 24.6 Å². The zero-order chi connectivity index (χ0) is 8.72. The van der Waals surface area contributed by atoms with Crippen LogP contribution in [0.3, 0.4) is 0 Å². The van der Waals surface area contributed by atoms with Crippen LogP contribution in [0.25, 0.3) is 10.1 Å². The van der Waals surface area contributed by atoms with Crippen LogP contribution in [0, 0.1) is 6.92 Å². The number of benzene rings is 1. The summed E-state index contributed by atoms with van der Waals surface area (Å²) in [5.41, 5.74) is 1.28. The predicted molar refractivity (Wildman–Crippen MR) is 61.5 cm³/mol. The molecule has 0 spiro atoms. The Labute approximate surface area is 89.1 Å². The molecule has 0 nitrogen and oxygen atoms in total. The summed E-state index contributed by atoms with van der Waals surface area (Å²) >= 11 is 9.62. The summed E-state index contributed by atoms with van der Waals surface area (Å²) in [5.74, 6) is 0. The van der Waals surface area contributed by atoms with Gasteiger partial charge in [0.1, 0.15) is 0 Å². The molecular formula is C9H7BrS2. The largest absolute Gasteiger partial charge is 0.143 e. The second-order valence-electron chi connectivity index (χ2n) is 2.72. The lowest BCUT2D eigenvalue weighted by Crippen LogP contribution is -1.73. The van der Waals surface area contributed by atoms with E-state index in [1.807, 2.05) is 0 Å². The summed E-state index contributed by atoms with van der Waals surface area (Å²) in [4.78, 5) is 1.07. The van der Waals surface area contributed by atoms with Gasteiger partial charge in [-0.2, -0.15) is 0 Å². The van der Waals surface area contributed by atoms with E-state index in [2.05, 4.69) is 53.0 Å². The van der Waals surface area contributed by atoms with Crippen molar-refractivity contribution in [2.75, 3.05) is 0 Å². The minimum Gasteiger partial charge on any atom is -0.143 e. The normalized spacial score (nSPS) is 10.9. The average molecular weight is 259 g/mol. The van der Waals surface area contributed by atoms with Crippen molar-refractivity contribution in [3.05, 3.63) is 27.5 Å². The zero-order valence-corrected chi connectivity index (χ0v) is 9.76. The van der Waals surface area contributed by atoms with Gasteiger partial charge < -0.3 is 0 Å². The number of hydrogen-bond acceptors (Lipinski definition) is 2. The van der Waals surface area contributed by atoms with E-state index in [0.717, 1.165) is 9.37 Å². The third-order valence-corrected chi connectivity index (χ3v) is 4.18. The van der Waals surface area contributed by atoms with E-state index >= 15 is 0 Å². The van der Waals surface area contributed by atoms with Crippen LogP contribution in [0.15, 0.2) is 26.9 Å². The maximum absolute atomic E-state index is 4.37. The molecule has 1 aromatic heterocycles. The first-order valence-corrected chi connectivity index (χ1v) is 5.67. The highest BCUT2D eigenvalue weighted by atomic mass is 79.9. The Morgan fingerprint density at radius 2 is 2.17 bits per heavy atom. The fraction of sp³-hybridized carbons (Fsp3) is 0.111. The first kappa shape index (κ1) is 8.60. The Kier molecular flexibility index (Phi) is 2.19. The van der Waals surface area contributed by atoms with Gasteiger partial charge in [0.05, 0.1) is 0 Å². The lowest BCUT2D eigenvalue weighted by atomic mass is 10.2. The summed E-state index contributed by atoms with van der Waals surface area (Å²) in [6.07, 6.45) is 0. The van der Waals surface area contributed by atoms with E-state index in [-0.39, 0.29) is 0 Å². The van der Waals surface area contributed by atoms with E-state index < -0.39 is 0 Å². The zero-order valence-electron chi connectivity index (χ0n) is 6.47. The number of fused-ring (bicyclic) bond motifs is 1. The Bertz CT molecular complexity index is 431. The minimum absolute atomic E-state index is 1.07. The molecule has 1 heterocycles. The number of thiol groups is 1. The average Bonchev–Trinajstić information content (AvgIpc) is 2.35. The van der Waals surface area contributed by atoms with E-state index in [4.69, 9.17) is 0 Å². The summed E-state index contributed by atoms with van der Waals surface area (Å²) in [5, 5.41) is 3.31. The van der Waals surface area contributed by atoms with E-state index in [1.54, 1.807) is 11.3 Å². The molecule has 0 aliphatic carbocycles. The van der Waals surface area contributed by atoms with E-state index in [1.165, 1.54) is 15.6 Å². The molecule has 2 rings (SSSR count).